The molecular formula is C34H34NO+. The summed E-state index contributed by atoms with van der Waals surface area (Å²) in [6, 6.07) is 20.4. The van der Waals surface area contributed by atoms with Gasteiger partial charge in [0, 0.05) is 17.0 Å². The van der Waals surface area contributed by atoms with Crippen LogP contribution in [-0.2, 0) is 13.5 Å². The molecule has 0 unspecified atom stereocenters. The van der Waals surface area contributed by atoms with Gasteiger partial charge in [0.25, 0.3) is 0 Å². The predicted molar refractivity (Wildman–Crippen MR) is 150 cm³/mol. The molecule has 7 rings (SSSR count). The minimum atomic E-state index is 0.355. The summed E-state index contributed by atoms with van der Waals surface area (Å²) in [5, 5.41) is 7.88. The van der Waals surface area contributed by atoms with Crippen molar-refractivity contribution < 1.29 is 9.30 Å². The quantitative estimate of drug-likeness (QED) is 0.185. The topological polar surface area (TPSA) is 13.1 Å². The molecule has 1 aromatic heterocycles. The lowest BCUT2D eigenvalue weighted by Crippen LogP contribution is -2.32. The second-order valence-electron chi connectivity index (χ2n) is 11.4. The van der Waals surface area contributed by atoms with Crippen LogP contribution in [0, 0.1) is 12.8 Å². The molecule has 5 aromatic rings. The van der Waals surface area contributed by atoms with Gasteiger partial charge in [0.1, 0.15) is 18.5 Å². The largest absolute Gasteiger partial charge is 0.455 e. The van der Waals surface area contributed by atoms with Crippen LogP contribution in [0.2, 0.25) is 0 Å². The molecule has 2 aliphatic rings. The molecule has 1 fully saturated rings. The van der Waals surface area contributed by atoms with Crippen LogP contribution in [0.25, 0.3) is 43.6 Å². The number of pyridine rings is 1. The molecule has 0 spiro atoms. The van der Waals surface area contributed by atoms with E-state index >= 15 is 0 Å². The van der Waals surface area contributed by atoms with Gasteiger partial charge in [0.2, 0.25) is 5.69 Å². The van der Waals surface area contributed by atoms with Gasteiger partial charge in [-0.15, -0.1) is 0 Å². The molecule has 1 aliphatic heterocycles. The zero-order valence-corrected chi connectivity index (χ0v) is 21.8. The Morgan fingerprint density at radius 2 is 1.64 bits per heavy atom. The Morgan fingerprint density at radius 3 is 2.42 bits per heavy atom. The van der Waals surface area contributed by atoms with Crippen LogP contribution in [0.4, 0.5) is 0 Å². The Labute approximate surface area is 213 Å². The lowest BCUT2D eigenvalue weighted by molar-refractivity contribution is -0.659. The highest BCUT2D eigenvalue weighted by Gasteiger charge is 2.34. The predicted octanol–water partition coefficient (Wildman–Crippen LogP) is 8.91. The summed E-state index contributed by atoms with van der Waals surface area (Å²) >= 11 is 0. The summed E-state index contributed by atoms with van der Waals surface area (Å²) in [7, 11) is 2.18. The first-order valence-electron chi connectivity index (χ1n) is 13.6. The average Bonchev–Trinajstić information content (AvgIpc) is 3.39. The minimum Gasteiger partial charge on any atom is -0.455 e. The van der Waals surface area contributed by atoms with E-state index in [4.69, 9.17) is 4.74 Å². The lowest BCUT2D eigenvalue weighted by Gasteiger charge is -2.27. The van der Waals surface area contributed by atoms with E-state index in [1.165, 1.54) is 92.4 Å². The van der Waals surface area contributed by atoms with Crippen molar-refractivity contribution >= 4 is 32.3 Å². The van der Waals surface area contributed by atoms with Crippen molar-refractivity contribution in [3.05, 3.63) is 77.5 Å². The molecule has 4 aromatic carbocycles. The summed E-state index contributed by atoms with van der Waals surface area (Å²) in [6.45, 7) is 6.84. The average molecular weight is 473 g/mol. The van der Waals surface area contributed by atoms with Gasteiger partial charge in [0.05, 0.1) is 10.9 Å². The second-order valence-corrected chi connectivity index (χ2v) is 11.4. The third-order valence-electron chi connectivity index (χ3n) is 8.81. The zero-order valence-electron chi connectivity index (χ0n) is 21.8. The van der Waals surface area contributed by atoms with Gasteiger partial charge in [-0.1, -0.05) is 82.0 Å². The zero-order chi connectivity index (χ0) is 24.6. The fraction of sp³-hybridized carbons (Fsp3) is 0.324. The molecule has 0 N–H and O–H groups in total. The van der Waals surface area contributed by atoms with E-state index in [1.807, 2.05) is 0 Å². The van der Waals surface area contributed by atoms with Crippen LogP contribution < -0.4 is 9.30 Å². The number of benzene rings is 4. The van der Waals surface area contributed by atoms with Crippen molar-refractivity contribution in [1.29, 1.82) is 0 Å². The first kappa shape index (κ1) is 21.9. The number of aromatic nitrogens is 1. The van der Waals surface area contributed by atoms with Crippen LogP contribution in [0.3, 0.4) is 0 Å². The number of rotatable bonds is 3. The van der Waals surface area contributed by atoms with E-state index in [-0.39, 0.29) is 0 Å². The van der Waals surface area contributed by atoms with Crippen LogP contribution in [0.15, 0.2) is 60.8 Å². The van der Waals surface area contributed by atoms with Crippen molar-refractivity contribution in [2.24, 2.45) is 13.0 Å². The molecule has 0 bridgehead atoms. The summed E-state index contributed by atoms with van der Waals surface area (Å²) in [5.41, 5.74) is 6.61. The Morgan fingerprint density at radius 1 is 0.889 bits per heavy atom. The smallest absolute Gasteiger partial charge is 0.228 e. The van der Waals surface area contributed by atoms with E-state index in [0.717, 1.165) is 17.4 Å². The SMILES string of the molecule is Cc1c2c(c(C(C)C)c3ccccc13)Oc1cc3c(CC4CCCC4)cccc3c3cc[n+](C)c-2c13. The van der Waals surface area contributed by atoms with Crippen molar-refractivity contribution in [2.75, 3.05) is 0 Å². The third kappa shape index (κ3) is 3.06. The fourth-order valence-corrected chi connectivity index (χ4v) is 7.11. The van der Waals surface area contributed by atoms with Crippen molar-refractivity contribution in [2.45, 2.75) is 58.8 Å². The molecule has 2 nitrogen and oxygen atoms in total. The summed E-state index contributed by atoms with van der Waals surface area (Å²) in [5.74, 6) is 3.22. The molecule has 180 valence electrons. The number of hydrogen-bond acceptors (Lipinski definition) is 1. The highest BCUT2D eigenvalue weighted by Crippen LogP contribution is 2.53. The van der Waals surface area contributed by atoms with Gasteiger partial charge < -0.3 is 4.74 Å². The monoisotopic (exact) mass is 472 g/mol. The Hall–Kier alpha value is -3.39. The summed E-state index contributed by atoms with van der Waals surface area (Å²) in [4.78, 5) is 0. The van der Waals surface area contributed by atoms with Gasteiger partial charge in [0.15, 0.2) is 6.20 Å². The third-order valence-corrected chi connectivity index (χ3v) is 8.81. The first-order valence-corrected chi connectivity index (χ1v) is 13.6. The molecule has 0 amide bonds. The van der Waals surface area contributed by atoms with Crippen LogP contribution in [-0.4, -0.2) is 0 Å². The van der Waals surface area contributed by atoms with Gasteiger partial charge in [-0.25, -0.2) is 4.57 Å². The van der Waals surface area contributed by atoms with Gasteiger partial charge >= 0.3 is 0 Å². The summed E-state index contributed by atoms with van der Waals surface area (Å²) in [6.07, 6.45) is 8.91. The molecule has 1 saturated carbocycles. The van der Waals surface area contributed by atoms with E-state index in [2.05, 4.69) is 93.2 Å². The molecule has 2 heterocycles. The van der Waals surface area contributed by atoms with Crippen molar-refractivity contribution in [3.8, 4) is 22.8 Å². The fourth-order valence-electron chi connectivity index (χ4n) is 7.11. The first-order chi connectivity index (χ1) is 17.5. The standard InChI is InChI=1S/C34H34NO/c1-20(2)30-26-14-8-7-13-24(26)21(3)31-33-32-27(16-17-35(33)4)25-15-9-12-23(18-22-10-5-6-11-22)28(25)19-29(32)36-34(30)31/h7-9,12-17,19-20,22H,5-6,10-11,18H2,1-4H3/q+1. The van der Waals surface area contributed by atoms with Gasteiger partial charge in [-0.3, -0.25) is 0 Å². The molecule has 1 aliphatic carbocycles. The van der Waals surface area contributed by atoms with Gasteiger partial charge in [-0.2, -0.15) is 0 Å². The van der Waals surface area contributed by atoms with Crippen LogP contribution in [0.5, 0.6) is 11.5 Å². The minimum absolute atomic E-state index is 0.355. The highest BCUT2D eigenvalue weighted by atomic mass is 16.5. The van der Waals surface area contributed by atoms with Crippen LogP contribution >= 0.6 is 0 Å². The molecule has 2 heteroatoms. The molecule has 0 radical (unpaired) electrons. The highest BCUT2D eigenvalue weighted by molar-refractivity contribution is 6.16. The van der Waals surface area contributed by atoms with E-state index in [1.54, 1.807) is 0 Å². The number of hydrogen-bond donors (Lipinski definition) is 0. The molecule has 0 atom stereocenters. The maximum atomic E-state index is 7.01. The number of nitrogens with zero attached hydrogens (tertiary/aromatic N) is 1. The Kier molecular flexibility index (Phi) is 4.90. The molecular weight excluding hydrogens is 438 g/mol. The van der Waals surface area contributed by atoms with E-state index < -0.39 is 0 Å². The maximum Gasteiger partial charge on any atom is 0.228 e. The van der Waals surface area contributed by atoms with Crippen LogP contribution in [0.1, 0.15) is 62.1 Å². The Bertz CT molecular complexity index is 1690. The van der Waals surface area contributed by atoms with Gasteiger partial charge in [-0.05, 0) is 63.9 Å². The normalized spacial score (nSPS) is 15.2. The Balaban J connectivity index is 1.58. The number of ether oxygens (including phenoxy) is 1. The van der Waals surface area contributed by atoms with Crippen molar-refractivity contribution in [1.82, 2.24) is 0 Å². The second kappa shape index (κ2) is 8.06. The van der Waals surface area contributed by atoms with Crippen molar-refractivity contribution in [3.63, 3.8) is 0 Å². The molecule has 36 heavy (non-hydrogen) atoms. The maximum absolute atomic E-state index is 7.01. The van der Waals surface area contributed by atoms with E-state index in [0.29, 0.717) is 5.92 Å². The molecule has 0 saturated heterocycles. The lowest BCUT2D eigenvalue weighted by atomic mass is 9.84. The number of fused-ring (bicyclic) bond motifs is 5. The number of aryl methyl sites for hydroxylation is 2. The summed E-state index contributed by atoms with van der Waals surface area (Å²) < 4.78 is 9.30. The van der Waals surface area contributed by atoms with E-state index in [9.17, 15) is 0 Å².